The fourth-order valence-corrected chi connectivity index (χ4v) is 3.01. The Bertz CT molecular complexity index is 1090. The van der Waals surface area contributed by atoms with E-state index in [4.69, 9.17) is 0 Å². The highest BCUT2D eigenvalue weighted by Gasteiger charge is 2.35. The van der Waals surface area contributed by atoms with Crippen molar-refractivity contribution < 1.29 is 26.7 Å². The van der Waals surface area contributed by atoms with Crippen molar-refractivity contribution in [2.24, 2.45) is 0 Å². The van der Waals surface area contributed by atoms with E-state index in [1.54, 1.807) is 6.07 Å². The van der Waals surface area contributed by atoms with Crippen molar-refractivity contribution in [3.05, 3.63) is 58.9 Å². The maximum absolute atomic E-state index is 14.2. The van der Waals surface area contributed by atoms with Crippen LogP contribution in [0.3, 0.4) is 0 Å². The summed E-state index contributed by atoms with van der Waals surface area (Å²) in [4.78, 5) is 22.9. The maximum Gasteiger partial charge on any atom is 0.419 e. The number of hydrogen-bond acceptors (Lipinski definition) is 3. The SMILES string of the molecule is O=C1NCCc2[nH]c(-c3ccnc(-c4cc(F)c(C(F)(F)F)cc4F)n3)cc21. The Kier molecular flexibility index (Phi) is 4.13. The van der Waals surface area contributed by atoms with Gasteiger partial charge in [0.2, 0.25) is 0 Å². The van der Waals surface area contributed by atoms with Gasteiger partial charge in [-0.25, -0.2) is 18.7 Å². The number of carbonyl (C=O) groups is 1. The largest absolute Gasteiger partial charge is 0.419 e. The van der Waals surface area contributed by atoms with Crippen LogP contribution in [-0.4, -0.2) is 27.4 Å². The lowest BCUT2D eigenvalue weighted by Crippen LogP contribution is -2.31. The smallest absolute Gasteiger partial charge is 0.356 e. The molecule has 1 aliphatic rings. The molecule has 144 valence electrons. The number of hydrogen-bond donors (Lipinski definition) is 2. The quantitative estimate of drug-likeness (QED) is 0.651. The highest BCUT2D eigenvalue weighted by atomic mass is 19.4. The van der Waals surface area contributed by atoms with Crippen molar-refractivity contribution in [2.75, 3.05) is 6.54 Å². The minimum absolute atomic E-state index is 0.0817. The summed E-state index contributed by atoms with van der Waals surface area (Å²) in [5.74, 6) is -3.44. The lowest BCUT2D eigenvalue weighted by atomic mass is 10.1. The number of nitrogens with one attached hydrogen (secondary N) is 2. The third-order valence-corrected chi connectivity index (χ3v) is 4.34. The molecule has 1 amide bonds. The third kappa shape index (κ3) is 3.10. The van der Waals surface area contributed by atoms with Crippen molar-refractivity contribution in [2.45, 2.75) is 12.6 Å². The number of halogens is 5. The first-order valence-electron chi connectivity index (χ1n) is 8.14. The minimum Gasteiger partial charge on any atom is -0.356 e. The summed E-state index contributed by atoms with van der Waals surface area (Å²) in [5, 5.41) is 2.70. The molecule has 28 heavy (non-hydrogen) atoms. The van der Waals surface area contributed by atoms with Gasteiger partial charge in [-0.3, -0.25) is 4.79 Å². The molecule has 1 aromatic carbocycles. The predicted octanol–water partition coefficient (Wildman–Crippen LogP) is 3.72. The minimum atomic E-state index is -5.02. The molecular weight excluding hydrogens is 383 g/mol. The van der Waals surface area contributed by atoms with Crippen molar-refractivity contribution in [3.8, 4) is 22.8 Å². The van der Waals surface area contributed by atoms with Gasteiger partial charge in [-0.05, 0) is 24.3 Å². The van der Waals surface area contributed by atoms with Gasteiger partial charge in [0.25, 0.3) is 5.91 Å². The summed E-state index contributed by atoms with van der Waals surface area (Å²) >= 11 is 0. The molecule has 1 aliphatic heterocycles. The number of carbonyl (C=O) groups excluding carboxylic acids is 1. The zero-order chi connectivity index (χ0) is 20.1. The average molecular weight is 394 g/mol. The van der Waals surface area contributed by atoms with Crippen molar-refractivity contribution in [3.63, 3.8) is 0 Å². The van der Waals surface area contributed by atoms with E-state index in [1.807, 2.05) is 0 Å². The number of amides is 1. The van der Waals surface area contributed by atoms with Crippen LogP contribution in [0.1, 0.15) is 21.6 Å². The molecule has 0 radical (unpaired) electrons. The van der Waals surface area contributed by atoms with Gasteiger partial charge in [0.1, 0.15) is 11.6 Å². The number of aromatic amines is 1. The van der Waals surface area contributed by atoms with Gasteiger partial charge < -0.3 is 10.3 Å². The third-order valence-electron chi connectivity index (χ3n) is 4.34. The molecule has 10 heteroatoms. The summed E-state index contributed by atoms with van der Waals surface area (Å²) in [5.41, 5.74) is -0.293. The van der Waals surface area contributed by atoms with E-state index in [2.05, 4.69) is 20.3 Å². The Morgan fingerprint density at radius 2 is 1.82 bits per heavy atom. The Labute approximate surface area is 154 Å². The number of aromatic nitrogens is 3. The Balaban J connectivity index is 1.76. The number of nitrogens with zero attached hydrogens (tertiary/aromatic N) is 2. The standard InChI is InChI=1S/C18H11F5N4O/c19-11-7-10(18(21,22)23)12(20)5-8(11)16-24-3-2-14(27-16)15-6-9-13(26-15)1-4-25-17(9)28/h2-3,5-7,26H,1,4H2,(H,25,28). The molecule has 0 fully saturated rings. The summed E-state index contributed by atoms with van der Waals surface area (Å²) in [6.07, 6.45) is -3.15. The van der Waals surface area contributed by atoms with Crippen LogP contribution in [0.5, 0.6) is 0 Å². The Morgan fingerprint density at radius 1 is 1.04 bits per heavy atom. The van der Waals surface area contributed by atoms with E-state index < -0.39 is 28.9 Å². The molecule has 0 saturated heterocycles. The van der Waals surface area contributed by atoms with Gasteiger partial charge in [-0.15, -0.1) is 0 Å². The van der Waals surface area contributed by atoms with Crippen LogP contribution in [0, 0.1) is 11.6 Å². The fourth-order valence-electron chi connectivity index (χ4n) is 3.01. The van der Waals surface area contributed by atoms with Crippen LogP contribution < -0.4 is 5.32 Å². The molecule has 0 bridgehead atoms. The number of H-pyrrole nitrogens is 1. The fraction of sp³-hybridized carbons (Fsp3) is 0.167. The number of benzene rings is 1. The normalized spacial score (nSPS) is 14.0. The molecule has 2 aromatic heterocycles. The van der Waals surface area contributed by atoms with Gasteiger partial charge >= 0.3 is 6.18 Å². The second-order valence-electron chi connectivity index (χ2n) is 6.16. The van der Waals surface area contributed by atoms with Gasteiger partial charge in [0.15, 0.2) is 5.82 Å². The van der Waals surface area contributed by atoms with Gasteiger partial charge in [0, 0.05) is 24.9 Å². The van der Waals surface area contributed by atoms with Crippen LogP contribution in [-0.2, 0) is 12.6 Å². The zero-order valence-electron chi connectivity index (χ0n) is 14.0. The number of fused-ring (bicyclic) bond motifs is 1. The number of rotatable bonds is 2. The topological polar surface area (TPSA) is 70.7 Å². The summed E-state index contributed by atoms with van der Waals surface area (Å²) < 4.78 is 66.2. The van der Waals surface area contributed by atoms with Crippen LogP contribution in [0.4, 0.5) is 22.0 Å². The van der Waals surface area contributed by atoms with E-state index in [9.17, 15) is 26.7 Å². The van der Waals surface area contributed by atoms with Crippen LogP contribution in [0.15, 0.2) is 30.5 Å². The molecule has 0 unspecified atom stereocenters. The van der Waals surface area contributed by atoms with Gasteiger partial charge in [-0.2, -0.15) is 13.2 Å². The molecule has 3 aromatic rings. The highest BCUT2D eigenvalue weighted by molar-refractivity contribution is 5.97. The second-order valence-corrected chi connectivity index (χ2v) is 6.16. The van der Waals surface area contributed by atoms with E-state index in [-0.39, 0.29) is 23.5 Å². The van der Waals surface area contributed by atoms with E-state index >= 15 is 0 Å². The molecule has 4 rings (SSSR count). The first-order valence-corrected chi connectivity index (χ1v) is 8.14. The Morgan fingerprint density at radius 3 is 2.54 bits per heavy atom. The molecule has 2 N–H and O–H groups in total. The highest BCUT2D eigenvalue weighted by Crippen LogP contribution is 2.34. The van der Waals surface area contributed by atoms with E-state index in [1.165, 1.54) is 12.3 Å². The Hall–Kier alpha value is -3.30. The van der Waals surface area contributed by atoms with Crippen LogP contribution in [0.25, 0.3) is 22.8 Å². The molecule has 0 spiro atoms. The van der Waals surface area contributed by atoms with Crippen LogP contribution >= 0.6 is 0 Å². The predicted molar refractivity (Wildman–Crippen MR) is 88.2 cm³/mol. The van der Waals surface area contributed by atoms with Gasteiger partial charge in [-0.1, -0.05) is 0 Å². The van der Waals surface area contributed by atoms with Crippen molar-refractivity contribution in [1.82, 2.24) is 20.3 Å². The summed E-state index contributed by atoms with van der Waals surface area (Å²) in [6, 6.07) is 3.56. The molecule has 3 heterocycles. The lowest BCUT2D eigenvalue weighted by molar-refractivity contribution is -0.140. The average Bonchev–Trinajstić information content (AvgIpc) is 3.08. The lowest BCUT2D eigenvalue weighted by Gasteiger charge is -2.11. The molecule has 0 atom stereocenters. The molecule has 0 aliphatic carbocycles. The first-order chi connectivity index (χ1) is 13.2. The van der Waals surface area contributed by atoms with Crippen molar-refractivity contribution >= 4 is 5.91 Å². The van der Waals surface area contributed by atoms with Gasteiger partial charge in [0.05, 0.1) is 28.1 Å². The molecular formula is C18H11F5N4O. The first kappa shape index (κ1) is 18.1. The summed E-state index contributed by atoms with van der Waals surface area (Å²) in [6.45, 7) is 0.483. The number of alkyl halides is 3. The zero-order valence-corrected chi connectivity index (χ0v) is 14.0. The van der Waals surface area contributed by atoms with E-state index in [0.29, 0.717) is 36.0 Å². The van der Waals surface area contributed by atoms with E-state index in [0.717, 1.165) is 0 Å². The monoisotopic (exact) mass is 394 g/mol. The molecule has 0 saturated carbocycles. The second kappa shape index (κ2) is 6.39. The van der Waals surface area contributed by atoms with Crippen molar-refractivity contribution in [1.29, 1.82) is 0 Å². The van der Waals surface area contributed by atoms with Crippen LogP contribution in [0.2, 0.25) is 0 Å². The molecule has 5 nitrogen and oxygen atoms in total. The maximum atomic E-state index is 14.2. The summed E-state index contributed by atoms with van der Waals surface area (Å²) in [7, 11) is 0.